The average molecular weight is 265 g/mol. The van der Waals surface area contributed by atoms with Crippen molar-refractivity contribution in [3.8, 4) is 0 Å². The Morgan fingerprint density at radius 3 is 2.84 bits per heavy atom. The molecule has 0 saturated heterocycles. The maximum absolute atomic E-state index is 11.7. The van der Waals surface area contributed by atoms with E-state index in [0.717, 1.165) is 9.08 Å². The molecule has 0 aromatic carbocycles. The summed E-state index contributed by atoms with van der Waals surface area (Å²) in [6, 6.07) is 0. The van der Waals surface area contributed by atoms with Crippen LogP contribution < -0.4 is 5.69 Å². The molecule has 0 saturated carbocycles. The number of carbonyl (C=O) groups is 2. The van der Waals surface area contributed by atoms with Crippen LogP contribution in [0.25, 0.3) is 5.65 Å². The predicted octanol–water partition coefficient (Wildman–Crippen LogP) is -1.04. The number of esters is 1. The maximum atomic E-state index is 11.7. The zero-order chi connectivity index (χ0) is 14.0. The number of carbonyl (C=O) groups excluding carboxylic acids is 2. The predicted molar refractivity (Wildman–Crippen MR) is 61.6 cm³/mol. The third-order valence-electron chi connectivity index (χ3n) is 2.38. The molecule has 2 aromatic rings. The standard InChI is InChI=1S/C10H11N5O4/c1-6(16)3-4-19-9(17)7-8-12-13-14(2)10(18)15(8)5-11-7/h5H,3-4H2,1-2H3. The number of imidazole rings is 1. The van der Waals surface area contributed by atoms with Gasteiger partial charge in [0.2, 0.25) is 0 Å². The van der Waals surface area contributed by atoms with Crippen LogP contribution in [0.2, 0.25) is 0 Å². The lowest BCUT2D eigenvalue weighted by Gasteiger charge is -2.01. The van der Waals surface area contributed by atoms with Gasteiger partial charge in [0.1, 0.15) is 12.1 Å². The molecule has 2 aromatic heterocycles. The summed E-state index contributed by atoms with van der Waals surface area (Å²) >= 11 is 0. The zero-order valence-corrected chi connectivity index (χ0v) is 10.4. The van der Waals surface area contributed by atoms with Crippen LogP contribution in [0.1, 0.15) is 23.8 Å². The van der Waals surface area contributed by atoms with E-state index in [1.54, 1.807) is 0 Å². The Morgan fingerprint density at radius 1 is 1.42 bits per heavy atom. The number of ketones is 1. The molecule has 9 heteroatoms. The molecule has 0 bridgehead atoms. The third-order valence-corrected chi connectivity index (χ3v) is 2.38. The number of aryl methyl sites for hydroxylation is 1. The van der Waals surface area contributed by atoms with Gasteiger partial charge < -0.3 is 4.74 Å². The van der Waals surface area contributed by atoms with Crippen molar-refractivity contribution in [2.45, 2.75) is 13.3 Å². The number of fused-ring (bicyclic) bond motifs is 1. The molecular weight excluding hydrogens is 254 g/mol. The second-order valence-electron chi connectivity index (χ2n) is 3.87. The van der Waals surface area contributed by atoms with Crippen molar-refractivity contribution in [3.05, 3.63) is 22.5 Å². The van der Waals surface area contributed by atoms with Crippen molar-refractivity contribution in [1.82, 2.24) is 24.4 Å². The summed E-state index contributed by atoms with van der Waals surface area (Å²) in [4.78, 5) is 37.9. The van der Waals surface area contributed by atoms with E-state index in [4.69, 9.17) is 4.74 Å². The molecule has 0 atom stereocenters. The zero-order valence-electron chi connectivity index (χ0n) is 10.4. The van der Waals surface area contributed by atoms with Crippen molar-refractivity contribution in [2.24, 2.45) is 7.05 Å². The lowest BCUT2D eigenvalue weighted by molar-refractivity contribution is -0.117. The number of hydrogen-bond acceptors (Lipinski definition) is 7. The maximum Gasteiger partial charge on any atom is 0.360 e. The summed E-state index contributed by atoms with van der Waals surface area (Å²) in [7, 11) is 1.43. The van der Waals surface area contributed by atoms with E-state index in [2.05, 4.69) is 15.3 Å². The number of aromatic nitrogens is 5. The van der Waals surface area contributed by atoms with Gasteiger partial charge in [0.15, 0.2) is 11.3 Å². The average Bonchev–Trinajstić information content (AvgIpc) is 2.77. The van der Waals surface area contributed by atoms with E-state index in [9.17, 15) is 14.4 Å². The SMILES string of the molecule is CC(=O)CCOC(=O)c1ncn2c(=O)n(C)nnc12. The number of rotatable bonds is 4. The summed E-state index contributed by atoms with van der Waals surface area (Å²) in [5.41, 5.74) is -0.551. The fourth-order valence-electron chi connectivity index (χ4n) is 1.38. The first-order valence-electron chi connectivity index (χ1n) is 5.44. The molecule has 0 radical (unpaired) electrons. The molecule has 0 unspecified atom stereocenters. The Balaban J connectivity index is 2.26. The Hall–Kier alpha value is -2.58. The topological polar surface area (TPSA) is 108 Å². The Kier molecular flexibility index (Phi) is 3.36. The number of hydrogen-bond donors (Lipinski definition) is 0. The first-order chi connectivity index (χ1) is 9.00. The second kappa shape index (κ2) is 4.96. The van der Waals surface area contributed by atoms with E-state index in [0.29, 0.717) is 0 Å². The van der Waals surface area contributed by atoms with Gasteiger partial charge in [-0.3, -0.25) is 4.79 Å². The highest BCUT2D eigenvalue weighted by Crippen LogP contribution is 2.04. The van der Waals surface area contributed by atoms with Gasteiger partial charge in [0.25, 0.3) is 0 Å². The van der Waals surface area contributed by atoms with Crippen molar-refractivity contribution in [2.75, 3.05) is 6.61 Å². The molecule has 0 aliphatic heterocycles. The highest BCUT2D eigenvalue weighted by atomic mass is 16.5. The number of nitrogens with zero attached hydrogens (tertiary/aromatic N) is 5. The lowest BCUT2D eigenvalue weighted by Crippen LogP contribution is -2.27. The van der Waals surface area contributed by atoms with Gasteiger partial charge in [-0.2, -0.15) is 4.68 Å². The normalized spacial score (nSPS) is 10.6. The molecule has 19 heavy (non-hydrogen) atoms. The Labute approximate surface area is 106 Å². The minimum Gasteiger partial charge on any atom is -0.460 e. The number of ether oxygens (including phenoxy) is 1. The third kappa shape index (κ3) is 2.49. The fraction of sp³-hybridized carbons (Fsp3) is 0.400. The molecule has 0 aliphatic carbocycles. The van der Waals surface area contributed by atoms with Crippen molar-refractivity contribution < 1.29 is 14.3 Å². The van der Waals surface area contributed by atoms with Crippen LogP contribution in [-0.4, -0.2) is 42.7 Å². The van der Waals surface area contributed by atoms with Gasteiger partial charge in [-0.25, -0.2) is 19.0 Å². The Bertz CT molecular complexity index is 701. The molecule has 0 aliphatic rings. The second-order valence-corrected chi connectivity index (χ2v) is 3.87. The molecule has 0 fully saturated rings. The summed E-state index contributed by atoms with van der Waals surface area (Å²) in [6.07, 6.45) is 1.30. The molecule has 2 heterocycles. The van der Waals surface area contributed by atoms with Crippen LogP contribution in [0.3, 0.4) is 0 Å². The highest BCUT2D eigenvalue weighted by Gasteiger charge is 2.18. The van der Waals surface area contributed by atoms with Crippen LogP contribution in [0, 0.1) is 0 Å². The van der Waals surface area contributed by atoms with Crippen molar-refractivity contribution >= 4 is 17.4 Å². The minimum atomic E-state index is -0.744. The molecule has 0 spiro atoms. The van der Waals surface area contributed by atoms with E-state index >= 15 is 0 Å². The van der Waals surface area contributed by atoms with E-state index in [-0.39, 0.29) is 30.2 Å². The van der Waals surface area contributed by atoms with Gasteiger partial charge in [0, 0.05) is 13.5 Å². The molecule has 9 nitrogen and oxygen atoms in total. The quantitative estimate of drug-likeness (QED) is 0.649. The van der Waals surface area contributed by atoms with E-state index < -0.39 is 11.7 Å². The summed E-state index contributed by atoms with van der Waals surface area (Å²) in [5, 5.41) is 7.27. The largest absolute Gasteiger partial charge is 0.460 e. The minimum absolute atomic E-state index is 0.0240. The first kappa shape index (κ1) is 12.9. The molecule has 2 rings (SSSR count). The van der Waals surface area contributed by atoms with Gasteiger partial charge in [-0.15, -0.1) is 5.10 Å². The summed E-state index contributed by atoms with van der Waals surface area (Å²) < 4.78 is 6.97. The summed E-state index contributed by atoms with van der Waals surface area (Å²) in [6.45, 7) is 1.36. The lowest BCUT2D eigenvalue weighted by atomic mass is 10.3. The molecular formula is C10H11N5O4. The van der Waals surface area contributed by atoms with Gasteiger partial charge in [-0.1, -0.05) is 5.21 Å². The van der Waals surface area contributed by atoms with E-state index in [1.807, 2.05) is 0 Å². The van der Waals surface area contributed by atoms with Crippen LogP contribution >= 0.6 is 0 Å². The van der Waals surface area contributed by atoms with Crippen LogP contribution in [0.5, 0.6) is 0 Å². The number of Topliss-reactive ketones (excluding diaryl/α,β-unsaturated/α-hetero) is 1. The Morgan fingerprint density at radius 2 is 2.16 bits per heavy atom. The van der Waals surface area contributed by atoms with Crippen LogP contribution in [0.4, 0.5) is 0 Å². The highest BCUT2D eigenvalue weighted by molar-refractivity contribution is 5.93. The molecule has 0 amide bonds. The monoisotopic (exact) mass is 265 g/mol. The summed E-state index contributed by atoms with van der Waals surface area (Å²) in [5.74, 6) is -0.831. The fourth-order valence-corrected chi connectivity index (χ4v) is 1.38. The van der Waals surface area contributed by atoms with Gasteiger partial charge in [0.05, 0.1) is 6.61 Å². The smallest absolute Gasteiger partial charge is 0.360 e. The van der Waals surface area contributed by atoms with Gasteiger partial charge in [-0.05, 0) is 6.92 Å². The first-order valence-corrected chi connectivity index (χ1v) is 5.44. The molecule has 100 valence electrons. The van der Waals surface area contributed by atoms with Crippen molar-refractivity contribution in [3.63, 3.8) is 0 Å². The molecule has 0 N–H and O–H groups in total. The van der Waals surface area contributed by atoms with Crippen molar-refractivity contribution in [1.29, 1.82) is 0 Å². The van der Waals surface area contributed by atoms with Crippen LogP contribution in [-0.2, 0) is 16.6 Å². The van der Waals surface area contributed by atoms with Crippen LogP contribution in [0.15, 0.2) is 11.1 Å². The van der Waals surface area contributed by atoms with E-state index in [1.165, 1.54) is 20.3 Å². The van der Waals surface area contributed by atoms with Gasteiger partial charge >= 0.3 is 11.7 Å².